The van der Waals surface area contributed by atoms with E-state index in [0.29, 0.717) is 32.7 Å². The van der Waals surface area contributed by atoms with E-state index in [2.05, 4.69) is 12.1 Å². The summed E-state index contributed by atoms with van der Waals surface area (Å²) in [5.74, 6) is -0.256. The van der Waals surface area contributed by atoms with Gasteiger partial charge in [-0.3, -0.25) is 14.5 Å². The molecule has 24 heavy (non-hydrogen) atoms. The number of carbonyl (C=O) groups is 2. The van der Waals surface area contributed by atoms with Crippen LogP contribution in [-0.2, 0) is 27.3 Å². The monoisotopic (exact) mass is 331 g/mol. The maximum Gasteiger partial charge on any atom is 0.237 e. The lowest BCUT2D eigenvalue weighted by Crippen LogP contribution is -2.57. The fraction of sp³-hybridized carbons (Fsp3) is 0.556. The lowest BCUT2D eigenvalue weighted by molar-refractivity contribution is -0.139. The van der Waals surface area contributed by atoms with Crippen molar-refractivity contribution in [2.45, 2.75) is 38.5 Å². The summed E-state index contributed by atoms with van der Waals surface area (Å²) < 4.78 is 5.51. The molecular formula is C18H25N3O3. The Hall–Kier alpha value is -1.92. The molecule has 0 aromatic heterocycles. The summed E-state index contributed by atoms with van der Waals surface area (Å²) in [6.45, 7) is 5.02. The van der Waals surface area contributed by atoms with Gasteiger partial charge in [0.2, 0.25) is 11.8 Å². The van der Waals surface area contributed by atoms with E-state index in [9.17, 15) is 9.59 Å². The normalized spacial score (nSPS) is 24.5. The van der Waals surface area contributed by atoms with Gasteiger partial charge in [-0.05, 0) is 24.5 Å². The average molecular weight is 331 g/mol. The molecule has 2 aliphatic heterocycles. The van der Waals surface area contributed by atoms with Gasteiger partial charge in [-0.25, -0.2) is 0 Å². The Balaban J connectivity index is 1.57. The first-order valence-electron chi connectivity index (χ1n) is 8.56. The lowest BCUT2D eigenvalue weighted by atomic mass is 9.99. The number of benzene rings is 1. The van der Waals surface area contributed by atoms with E-state index in [1.54, 1.807) is 0 Å². The molecule has 1 aromatic carbocycles. The van der Waals surface area contributed by atoms with Crippen molar-refractivity contribution in [3.05, 3.63) is 35.4 Å². The highest BCUT2D eigenvalue weighted by molar-refractivity contribution is 5.81. The fourth-order valence-corrected chi connectivity index (χ4v) is 3.65. The number of hydrogen-bond donors (Lipinski definition) is 1. The number of hydrogen-bond acceptors (Lipinski definition) is 4. The third-order valence-corrected chi connectivity index (χ3v) is 4.99. The minimum atomic E-state index is -0.450. The van der Waals surface area contributed by atoms with Gasteiger partial charge in [-0.15, -0.1) is 0 Å². The number of nitrogens with zero attached hydrogens (tertiary/aromatic N) is 2. The van der Waals surface area contributed by atoms with Gasteiger partial charge < -0.3 is 15.4 Å². The number of ether oxygens (including phenoxy) is 1. The molecule has 0 saturated carbocycles. The predicted molar refractivity (Wildman–Crippen MR) is 90.1 cm³/mol. The molecule has 0 bridgehead atoms. The number of carbonyl (C=O) groups excluding carboxylic acids is 2. The molecule has 3 rings (SSSR count). The Morgan fingerprint density at radius 3 is 2.75 bits per heavy atom. The van der Waals surface area contributed by atoms with E-state index in [4.69, 9.17) is 10.5 Å². The number of amides is 2. The van der Waals surface area contributed by atoms with Crippen molar-refractivity contribution in [2.24, 2.45) is 5.73 Å². The number of morpholine rings is 1. The van der Waals surface area contributed by atoms with Gasteiger partial charge >= 0.3 is 0 Å². The second kappa shape index (κ2) is 7.32. The third kappa shape index (κ3) is 3.60. The average Bonchev–Trinajstić information content (AvgIpc) is 2.58. The quantitative estimate of drug-likeness (QED) is 0.873. The second-order valence-electron chi connectivity index (χ2n) is 6.54. The van der Waals surface area contributed by atoms with E-state index >= 15 is 0 Å². The number of fused-ring (bicyclic) bond motifs is 1. The molecule has 2 amide bonds. The highest BCUT2D eigenvalue weighted by atomic mass is 16.5. The van der Waals surface area contributed by atoms with Crippen molar-refractivity contribution < 1.29 is 14.3 Å². The Morgan fingerprint density at radius 1 is 1.25 bits per heavy atom. The summed E-state index contributed by atoms with van der Waals surface area (Å²) in [4.78, 5) is 28.1. The molecule has 2 heterocycles. The smallest absolute Gasteiger partial charge is 0.237 e. The van der Waals surface area contributed by atoms with Crippen LogP contribution in [-0.4, -0.2) is 60.0 Å². The molecular weight excluding hydrogens is 306 g/mol. The van der Waals surface area contributed by atoms with E-state index in [0.717, 1.165) is 13.0 Å². The standard InChI is InChI=1S/C18H25N3O3/c1-13-17(18(19)23)20(10-11-24-13)9-7-16(22)21-8-6-14-4-2-3-5-15(14)12-21/h2-5,13,17H,6-12H2,1H3,(H2,19,23)/t13-,17+/m1/s1. The Kier molecular flexibility index (Phi) is 5.16. The van der Waals surface area contributed by atoms with Gasteiger partial charge in [-0.1, -0.05) is 24.3 Å². The first-order valence-corrected chi connectivity index (χ1v) is 8.56. The first-order chi connectivity index (χ1) is 11.6. The van der Waals surface area contributed by atoms with Crippen LogP contribution in [0.15, 0.2) is 24.3 Å². The van der Waals surface area contributed by atoms with Gasteiger partial charge in [0, 0.05) is 32.6 Å². The van der Waals surface area contributed by atoms with Crippen LogP contribution in [0.4, 0.5) is 0 Å². The van der Waals surface area contributed by atoms with Crippen LogP contribution < -0.4 is 5.73 Å². The van der Waals surface area contributed by atoms with Gasteiger partial charge in [0.15, 0.2) is 0 Å². The van der Waals surface area contributed by atoms with E-state index in [1.807, 2.05) is 28.9 Å². The van der Waals surface area contributed by atoms with Gasteiger partial charge in [0.25, 0.3) is 0 Å². The number of nitrogens with two attached hydrogens (primary N) is 1. The summed E-state index contributed by atoms with van der Waals surface area (Å²) in [6.07, 6.45) is 1.08. The van der Waals surface area contributed by atoms with E-state index < -0.39 is 6.04 Å². The largest absolute Gasteiger partial charge is 0.375 e. The van der Waals surface area contributed by atoms with Crippen LogP contribution in [0.3, 0.4) is 0 Å². The summed E-state index contributed by atoms with van der Waals surface area (Å²) in [6, 6.07) is 7.82. The highest BCUT2D eigenvalue weighted by Gasteiger charge is 2.34. The first kappa shape index (κ1) is 16.9. The minimum absolute atomic E-state index is 0.131. The Morgan fingerprint density at radius 2 is 2.00 bits per heavy atom. The van der Waals surface area contributed by atoms with Crippen LogP contribution in [0.2, 0.25) is 0 Å². The molecule has 0 aliphatic carbocycles. The summed E-state index contributed by atoms with van der Waals surface area (Å²) in [5, 5.41) is 0. The van der Waals surface area contributed by atoms with Crippen molar-refractivity contribution in [1.82, 2.24) is 9.80 Å². The van der Waals surface area contributed by atoms with Crippen molar-refractivity contribution in [3.8, 4) is 0 Å². The van der Waals surface area contributed by atoms with Crippen molar-refractivity contribution in [3.63, 3.8) is 0 Å². The maximum atomic E-state index is 12.6. The topological polar surface area (TPSA) is 75.9 Å². The molecule has 130 valence electrons. The number of rotatable bonds is 4. The van der Waals surface area contributed by atoms with Crippen molar-refractivity contribution in [2.75, 3.05) is 26.2 Å². The molecule has 0 spiro atoms. The SMILES string of the molecule is C[C@H]1OCCN(CCC(=O)N2CCc3ccccc3C2)[C@@H]1C(N)=O. The lowest BCUT2D eigenvalue weighted by Gasteiger charge is -2.38. The zero-order valence-corrected chi connectivity index (χ0v) is 14.1. The highest BCUT2D eigenvalue weighted by Crippen LogP contribution is 2.20. The Bertz CT molecular complexity index is 619. The Labute approximate surface area is 142 Å². The minimum Gasteiger partial charge on any atom is -0.375 e. The molecule has 2 N–H and O–H groups in total. The summed E-state index contributed by atoms with van der Waals surface area (Å²) in [7, 11) is 0. The molecule has 2 aliphatic rings. The third-order valence-electron chi connectivity index (χ3n) is 4.99. The predicted octanol–water partition coefficient (Wildman–Crippen LogP) is 0.536. The molecule has 1 aromatic rings. The van der Waals surface area contributed by atoms with E-state index in [1.165, 1.54) is 11.1 Å². The van der Waals surface area contributed by atoms with Crippen LogP contribution in [0.25, 0.3) is 0 Å². The van der Waals surface area contributed by atoms with Gasteiger partial charge in [0.1, 0.15) is 6.04 Å². The molecule has 6 heteroatoms. The van der Waals surface area contributed by atoms with Crippen molar-refractivity contribution >= 4 is 11.8 Å². The molecule has 1 fully saturated rings. The van der Waals surface area contributed by atoms with Crippen molar-refractivity contribution in [1.29, 1.82) is 0 Å². The fourth-order valence-electron chi connectivity index (χ4n) is 3.65. The van der Waals surface area contributed by atoms with Crippen LogP contribution in [0.5, 0.6) is 0 Å². The van der Waals surface area contributed by atoms with Crippen LogP contribution in [0, 0.1) is 0 Å². The van der Waals surface area contributed by atoms with Gasteiger partial charge in [0.05, 0.1) is 12.7 Å². The number of primary amides is 1. The molecule has 2 atom stereocenters. The zero-order valence-electron chi connectivity index (χ0n) is 14.1. The summed E-state index contributed by atoms with van der Waals surface area (Å²) >= 11 is 0. The molecule has 0 radical (unpaired) electrons. The van der Waals surface area contributed by atoms with Gasteiger partial charge in [-0.2, -0.15) is 0 Å². The molecule has 0 unspecified atom stereocenters. The molecule has 6 nitrogen and oxygen atoms in total. The summed E-state index contributed by atoms with van der Waals surface area (Å²) in [5.41, 5.74) is 8.05. The zero-order chi connectivity index (χ0) is 17.1. The van der Waals surface area contributed by atoms with E-state index in [-0.39, 0.29) is 17.9 Å². The second-order valence-corrected chi connectivity index (χ2v) is 6.54. The van der Waals surface area contributed by atoms with Crippen LogP contribution in [0.1, 0.15) is 24.5 Å². The maximum absolute atomic E-state index is 12.6. The van der Waals surface area contributed by atoms with Crippen LogP contribution >= 0.6 is 0 Å². The molecule has 1 saturated heterocycles.